The molecule has 0 radical (unpaired) electrons. The van der Waals surface area contributed by atoms with Gasteiger partial charge in [-0.3, -0.25) is 0 Å². The zero-order valence-electron chi connectivity index (χ0n) is 9.85. The first-order valence-corrected chi connectivity index (χ1v) is 5.26. The zero-order valence-corrected chi connectivity index (χ0v) is 9.85. The molecule has 0 N–H and O–H groups in total. The van der Waals surface area contributed by atoms with Crippen LogP contribution in [0.3, 0.4) is 0 Å². The molecule has 0 fully saturated rings. The summed E-state index contributed by atoms with van der Waals surface area (Å²) in [4.78, 5) is 10.7. The van der Waals surface area contributed by atoms with Gasteiger partial charge >= 0.3 is 5.97 Å². The molecule has 0 spiro atoms. The topological polar surface area (TPSA) is 44.8 Å². The van der Waals surface area contributed by atoms with E-state index in [1.165, 1.54) is 0 Å². The maximum Gasteiger partial charge on any atom is 0.330 e. The minimum atomic E-state index is -0.432. The molecule has 0 atom stereocenters. The van der Waals surface area contributed by atoms with Gasteiger partial charge in [0.05, 0.1) is 20.3 Å². The molecule has 0 aromatic heterocycles. The molecule has 0 aliphatic rings. The lowest BCUT2D eigenvalue weighted by Crippen LogP contribution is -2.08. The van der Waals surface area contributed by atoms with Gasteiger partial charge in [-0.25, -0.2) is 4.79 Å². The summed E-state index contributed by atoms with van der Waals surface area (Å²) in [5.41, 5.74) is 1.04. The normalized spacial score (nSPS) is 9.71. The SMILES string of the molecule is C=CC(=O)OCCOCc1ccc(OC)cc1. The zero-order chi connectivity index (χ0) is 12.5. The van der Waals surface area contributed by atoms with Gasteiger partial charge in [0.1, 0.15) is 12.4 Å². The van der Waals surface area contributed by atoms with Gasteiger partial charge in [-0.05, 0) is 17.7 Å². The molecule has 92 valence electrons. The highest BCUT2D eigenvalue weighted by Gasteiger charge is 1.97. The highest BCUT2D eigenvalue weighted by molar-refractivity contribution is 5.81. The van der Waals surface area contributed by atoms with E-state index < -0.39 is 5.97 Å². The Labute approximate surface area is 101 Å². The van der Waals surface area contributed by atoms with E-state index in [1.54, 1.807) is 7.11 Å². The van der Waals surface area contributed by atoms with Crippen LogP contribution in [-0.2, 0) is 20.9 Å². The molecular formula is C13H16O4. The van der Waals surface area contributed by atoms with E-state index in [0.29, 0.717) is 13.2 Å². The molecule has 0 unspecified atom stereocenters. The van der Waals surface area contributed by atoms with Crippen LogP contribution < -0.4 is 4.74 Å². The van der Waals surface area contributed by atoms with E-state index in [4.69, 9.17) is 14.2 Å². The summed E-state index contributed by atoms with van der Waals surface area (Å²) in [6, 6.07) is 7.59. The lowest BCUT2D eigenvalue weighted by atomic mass is 10.2. The lowest BCUT2D eigenvalue weighted by molar-refractivity contribution is -0.139. The predicted molar refractivity (Wildman–Crippen MR) is 63.8 cm³/mol. The number of rotatable bonds is 7. The van der Waals surface area contributed by atoms with Crippen LogP contribution in [0.15, 0.2) is 36.9 Å². The second-order valence-electron chi connectivity index (χ2n) is 3.27. The first-order chi connectivity index (χ1) is 8.26. The highest BCUT2D eigenvalue weighted by Crippen LogP contribution is 2.11. The van der Waals surface area contributed by atoms with E-state index in [-0.39, 0.29) is 6.61 Å². The second kappa shape index (κ2) is 7.46. The molecule has 0 aliphatic carbocycles. The van der Waals surface area contributed by atoms with Crippen LogP contribution in [0.4, 0.5) is 0 Å². The summed E-state index contributed by atoms with van der Waals surface area (Å²) >= 11 is 0. The van der Waals surface area contributed by atoms with Crippen LogP contribution in [0.25, 0.3) is 0 Å². The van der Waals surface area contributed by atoms with Gasteiger partial charge in [0.2, 0.25) is 0 Å². The van der Waals surface area contributed by atoms with Crippen molar-refractivity contribution in [3.05, 3.63) is 42.5 Å². The highest BCUT2D eigenvalue weighted by atomic mass is 16.6. The average molecular weight is 236 g/mol. The van der Waals surface area contributed by atoms with Gasteiger partial charge in [0.15, 0.2) is 0 Å². The monoisotopic (exact) mass is 236 g/mol. The van der Waals surface area contributed by atoms with Crippen molar-refractivity contribution in [3.63, 3.8) is 0 Å². The Hall–Kier alpha value is -1.81. The smallest absolute Gasteiger partial charge is 0.330 e. The maximum atomic E-state index is 10.7. The van der Waals surface area contributed by atoms with E-state index in [0.717, 1.165) is 17.4 Å². The Morgan fingerprint density at radius 3 is 2.59 bits per heavy atom. The Morgan fingerprint density at radius 1 is 1.29 bits per heavy atom. The Morgan fingerprint density at radius 2 is 2.00 bits per heavy atom. The fourth-order valence-electron chi connectivity index (χ4n) is 1.17. The molecule has 1 rings (SSSR count). The summed E-state index contributed by atoms with van der Waals surface area (Å²) in [5, 5.41) is 0. The van der Waals surface area contributed by atoms with E-state index in [1.807, 2.05) is 24.3 Å². The van der Waals surface area contributed by atoms with Gasteiger partial charge in [-0.2, -0.15) is 0 Å². The third-order valence-electron chi connectivity index (χ3n) is 2.07. The number of hydrogen-bond donors (Lipinski definition) is 0. The number of esters is 1. The fourth-order valence-corrected chi connectivity index (χ4v) is 1.17. The van der Waals surface area contributed by atoms with Crippen molar-refractivity contribution in [1.29, 1.82) is 0 Å². The van der Waals surface area contributed by atoms with Gasteiger partial charge < -0.3 is 14.2 Å². The molecule has 0 saturated carbocycles. The average Bonchev–Trinajstić information content (AvgIpc) is 2.38. The number of carbonyl (C=O) groups is 1. The van der Waals surface area contributed by atoms with Crippen LogP contribution >= 0.6 is 0 Å². The van der Waals surface area contributed by atoms with Gasteiger partial charge in [0, 0.05) is 6.08 Å². The van der Waals surface area contributed by atoms with E-state index in [9.17, 15) is 4.79 Å². The van der Waals surface area contributed by atoms with Gasteiger partial charge in [0.25, 0.3) is 0 Å². The largest absolute Gasteiger partial charge is 0.497 e. The summed E-state index contributed by atoms with van der Waals surface area (Å²) in [6.07, 6.45) is 1.13. The van der Waals surface area contributed by atoms with Crippen LogP contribution in [0.5, 0.6) is 5.75 Å². The van der Waals surface area contributed by atoms with E-state index in [2.05, 4.69) is 6.58 Å². The van der Waals surface area contributed by atoms with Crippen molar-refractivity contribution in [3.8, 4) is 5.75 Å². The maximum absolute atomic E-state index is 10.7. The summed E-state index contributed by atoms with van der Waals surface area (Å²) in [7, 11) is 1.62. The number of hydrogen-bond acceptors (Lipinski definition) is 4. The first kappa shape index (κ1) is 13.3. The van der Waals surface area contributed by atoms with E-state index >= 15 is 0 Å². The van der Waals surface area contributed by atoms with Crippen molar-refractivity contribution in [2.75, 3.05) is 20.3 Å². The first-order valence-electron chi connectivity index (χ1n) is 5.26. The minimum Gasteiger partial charge on any atom is -0.497 e. The second-order valence-corrected chi connectivity index (χ2v) is 3.27. The quantitative estimate of drug-likeness (QED) is 0.412. The minimum absolute atomic E-state index is 0.237. The van der Waals surface area contributed by atoms with Gasteiger partial charge in [-0.1, -0.05) is 18.7 Å². The van der Waals surface area contributed by atoms with Crippen molar-refractivity contribution in [2.24, 2.45) is 0 Å². The van der Waals surface area contributed by atoms with Crippen molar-refractivity contribution in [2.45, 2.75) is 6.61 Å². The Balaban J connectivity index is 2.17. The third-order valence-corrected chi connectivity index (χ3v) is 2.07. The van der Waals surface area contributed by atoms with Crippen LogP contribution in [0.2, 0.25) is 0 Å². The van der Waals surface area contributed by atoms with Crippen molar-refractivity contribution >= 4 is 5.97 Å². The molecule has 4 nitrogen and oxygen atoms in total. The van der Waals surface area contributed by atoms with Crippen LogP contribution in [0, 0.1) is 0 Å². The molecule has 0 saturated heterocycles. The number of methoxy groups -OCH3 is 1. The standard InChI is InChI=1S/C13H16O4/c1-3-13(14)17-9-8-16-10-11-4-6-12(15-2)7-5-11/h3-7H,1,8-10H2,2H3. The van der Waals surface area contributed by atoms with Crippen molar-refractivity contribution < 1.29 is 19.0 Å². The molecule has 1 aromatic rings. The summed E-state index contributed by atoms with van der Waals surface area (Å²) in [6.45, 7) is 4.38. The number of carbonyl (C=O) groups excluding carboxylic acids is 1. The summed E-state index contributed by atoms with van der Waals surface area (Å²) in [5.74, 6) is 0.381. The predicted octanol–water partition coefficient (Wildman–Crippen LogP) is 1.94. The Bertz CT molecular complexity index is 356. The molecule has 1 aromatic carbocycles. The molecule has 0 aliphatic heterocycles. The molecule has 17 heavy (non-hydrogen) atoms. The lowest BCUT2D eigenvalue weighted by Gasteiger charge is -2.05. The van der Waals surface area contributed by atoms with Crippen molar-refractivity contribution in [1.82, 2.24) is 0 Å². The molecule has 0 heterocycles. The van der Waals surface area contributed by atoms with Crippen LogP contribution in [0.1, 0.15) is 5.56 Å². The summed E-state index contributed by atoms with van der Waals surface area (Å²) < 4.78 is 15.1. The number of ether oxygens (including phenoxy) is 3. The third kappa shape index (κ3) is 5.17. The molecule has 4 heteroatoms. The van der Waals surface area contributed by atoms with Gasteiger partial charge in [-0.15, -0.1) is 0 Å². The number of benzene rings is 1. The van der Waals surface area contributed by atoms with Crippen LogP contribution in [-0.4, -0.2) is 26.3 Å². The molecule has 0 amide bonds. The fraction of sp³-hybridized carbons (Fsp3) is 0.308. The Kier molecular flexibility index (Phi) is 5.82. The molecule has 0 bridgehead atoms. The molecular weight excluding hydrogens is 220 g/mol.